The fraction of sp³-hybridized carbons (Fsp3) is 0.500. The zero-order chi connectivity index (χ0) is 13.1. The maximum Gasteiger partial charge on any atom is 0.316 e. The van der Waals surface area contributed by atoms with Crippen molar-refractivity contribution in [2.24, 2.45) is 11.7 Å². The van der Waals surface area contributed by atoms with Crippen molar-refractivity contribution < 1.29 is 4.79 Å². The van der Waals surface area contributed by atoms with Gasteiger partial charge in [-0.3, -0.25) is 0 Å². The summed E-state index contributed by atoms with van der Waals surface area (Å²) in [5.41, 5.74) is 7.02. The molecule has 1 unspecified atom stereocenters. The molecule has 2 amide bonds. The molecule has 0 heterocycles. The van der Waals surface area contributed by atoms with Gasteiger partial charge in [0, 0.05) is 17.8 Å². The van der Waals surface area contributed by atoms with Gasteiger partial charge in [0.05, 0.1) is 0 Å². The van der Waals surface area contributed by atoms with Gasteiger partial charge in [0.2, 0.25) is 0 Å². The third-order valence-corrected chi connectivity index (χ3v) is 3.54. The lowest BCUT2D eigenvalue weighted by Crippen LogP contribution is -2.41. The summed E-state index contributed by atoms with van der Waals surface area (Å²) in [5.74, 6) is 0.858. The summed E-state index contributed by atoms with van der Waals surface area (Å²) in [7, 11) is 0. The predicted molar refractivity (Wildman–Crippen MR) is 73.4 cm³/mol. The second-order valence-electron chi connectivity index (χ2n) is 5.27. The summed E-state index contributed by atoms with van der Waals surface area (Å²) in [6, 6.07) is 8.25. The highest BCUT2D eigenvalue weighted by molar-refractivity contribution is 5.87. The van der Waals surface area contributed by atoms with Crippen LogP contribution in [0.15, 0.2) is 24.3 Å². The van der Waals surface area contributed by atoms with Crippen LogP contribution < -0.4 is 16.4 Å². The van der Waals surface area contributed by atoms with Crippen molar-refractivity contribution in [2.45, 2.75) is 38.8 Å². The van der Waals surface area contributed by atoms with Crippen molar-refractivity contribution in [1.82, 2.24) is 5.32 Å². The topological polar surface area (TPSA) is 67.2 Å². The van der Waals surface area contributed by atoms with Gasteiger partial charge < -0.3 is 16.4 Å². The Kier molecular flexibility index (Phi) is 3.87. The van der Waals surface area contributed by atoms with E-state index in [1.54, 1.807) is 0 Å². The molecule has 98 valence electrons. The molecule has 2 rings (SSSR count). The van der Waals surface area contributed by atoms with E-state index in [0.29, 0.717) is 12.1 Å². The summed E-state index contributed by atoms with van der Waals surface area (Å²) in [4.78, 5) is 10.7. The molecule has 0 radical (unpaired) electrons. The number of benzene rings is 1. The number of amides is 2. The summed E-state index contributed by atoms with van der Waals surface area (Å²) in [6.07, 6.45) is 2.54. The molecule has 0 saturated heterocycles. The summed E-state index contributed by atoms with van der Waals surface area (Å²) < 4.78 is 0. The van der Waals surface area contributed by atoms with E-state index in [0.717, 1.165) is 11.6 Å². The minimum Gasteiger partial charge on any atom is -0.351 e. The van der Waals surface area contributed by atoms with Crippen LogP contribution in [0.3, 0.4) is 0 Å². The average Bonchev–Trinajstić information content (AvgIpc) is 2.27. The van der Waals surface area contributed by atoms with E-state index >= 15 is 0 Å². The highest BCUT2D eigenvalue weighted by Gasteiger charge is 2.26. The lowest BCUT2D eigenvalue weighted by Gasteiger charge is -2.35. The average molecular weight is 247 g/mol. The quantitative estimate of drug-likeness (QED) is 0.765. The number of hydrogen-bond acceptors (Lipinski definition) is 2. The molecule has 1 atom stereocenters. The van der Waals surface area contributed by atoms with Gasteiger partial charge in [-0.05, 0) is 43.4 Å². The Morgan fingerprint density at radius 2 is 1.94 bits per heavy atom. The van der Waals surface area contributed by atoms with E-state index in [2.05, 4.69) is 24.5 Å². The van der Waals surface area contributed by atoms with Gasteiger partial charge in [0.25, 0.3) is 0 Å². The maximum atomic E-state index is 10.7. The Bertz CT molecular complexity index is 410. The van der Waals surface area contributed by atoms with Crippen molar-refractivity contribution in [3.8, 4) is 0 Å². The number of primary amides is 1. The Balaban J connectivity index is 1.90. The highest BCUT2D eigenvalue weighted by Crippen LogP contribution is 2.28. The number of nitrogens with two attached hydrogens (primary N) is 1. The maximum absolute atomic E-state index is 10.7. The van der Waals surface area contributed by atoms with Gasteiger partial charge >= 0.3 is 6.03 Å². The van der Waals surface area contributed by atoms with Crippen LogP contribution in [0.5, 0.6) is 0 Å². The molecule has 1 aromatic carbocycles. The molecule has 1 aliphatic rings. The summed E-state index contributed by atoms with van der Waals surface area (Å²) >= 11 is 0. The minimum atomic E-state index is -0.530. The van der Waals surface area contributed by atoms with E-state index in [1.165, 1.54) is 18.4 Å². The van der Waals surface area contributed by atoms with Crippen molar-refractivity contribution in [2.75, 3.05) is 5.32 Å². The molecular weight excluding hydrogens is 226 g/mol. The fourth-order valence-corrected chi connectivity index (χ4v) is 2.49. The van der Waals surface area contributed by atoms with Crippen LogP contribution in [0.4, 0.5) is 10.5 Å². The molecule has 4 nitrogen and oxygen atoms in total. The van der Waals surface area contributed by atoms with E-state index < -0.39 is 6.03 Å². The highest BCUT2D eigenvalue weighted by atomic mass is 16.2. The molecule has 0 aliphatic heterocycles. The zero-order valence-electron chi connectivity index (χ0n) is 10.9. The minimum absolute atomic E-state index is 0.338. The largest absolute Gasteiger partial charge is 0.351 e. The fourth-order valence-electron chi connectivity index (χ4n) is 2.49. The lowest BCUT2D eigenvalue weighted by atomic mass is 9.81. The van der Waals surface area contributed by atoms with Crippen LogP contribution in [0.1, 0.15) is 38.3 Å². The van der Waals surface area contributed by atoms with Crippen LogP contribution in [-0.2, 0) is 0 Å². The van der Waals surface area contributed by atoms with Gasteiger partial charge in [-0.2, -0.15) is 0 Å². The van der Waals surface area contributed by atoms with E-state index in [1.807, 2.05) is 24.3 Å². The molecule has 4 heteroatoms. The first-order chi connectivity index (χ1) is 8.54. The number of hydrogen-bond donors (Lipinski definition) is 3. The molecule has 1 fully saturated rings. The standard InChI is InChI=1S/C14H21N3O/c1-9-7-13(8-9)16-10(2)11-3-5-12(6-4-11)17-14(15)18/h3-6,9-10,13,16H,7-8H2,1-2H3,(H3,15,17,18). The lowest BCUT2D eigenvalue weighted by molar-refractivity contribution is 0.226. The van der Waals surface area contributed by atoms with Crippen molar-refractivity contribution in [3.63, 3.8) is 0 Å². The number of carbonyl (C=O) groups is 1. The first kappa shape index (κ1) is 12.9. The molecule has 18 heavy (non-hydrogen) atoms. The molecule has 1 aromatic rings. The number of rotatable bonds is 4. The van der Waals surface area contributed by atoms with Crippen LogP contribution in [-0.4, -0.2) is 12.1 Å². The van der Waals surface area contributed by atoms with Gasteiger partial charge in [-0.25, -0.2) is 4.79 Å². The first-order valence-corrected chi connectivity index (χ1v) is 6.47. The monoisotopic (exact) mass is 247 g/mol. The molecule has 1 aliphatic carbocycles. The van der Waals surface area contributed by atoms with Crippen LogP contribution >= 0.6 is 0 Å². The van der Waals surface area contributed by atoms with Gasteiger partial charge in [0.15, 0.2) is 0 Å². The Labute approximate surface area is 108 Å². The SMILES string of the molecule is CC1CC(NC(C)c2ccc(NC(N)=O)cc2)C1. The summed E-state index contributed by atoms with van der Waals surface area (Å²) in [6.45, 7) is 4.45. The molecule has 0 bridgehead atoms. The number of urea groups is 1. The Morgan fingerprint density at radius 3 is 2.44 bits per heavy atom. The van der Waals surface area contributed by atoms with Crippen molar-refractivity contribution >= 4 is 11.7 Å². The Hall–Kier alpha value is -1.55. The summed E-state index contributed by atoms with van der Waals surface area (Å²) in [5, 5.41) is 6.17. The second-order valence-corrected chi connectivity index (χ2v) is 5.27. The molecule has 1 saturated carbocycles. The molecule has 4 N–H and O–H groups in total. The van der Waals surface area contributed by atoms with E-state index in [4.69, 9.17) is 5.73 Å². The van der Waals surface area contributed by atoms with Gasteiger partial charge in [0.1, 0.15) is 0 Å². The third kappa shape index (κ3) is 3.23. The number of anilines is 1. The van der Waals surface area contributed by atoms with Gasteiger partial charge in [-0.15, -0.1) is 0 Å². The van der Waals surface area contributed by atoms with Crippen molar-refractivity contribution in [3.05, 3.63) is 29.8 Å². The second kappa shape index (κ2) is 5.40. The zero-order valence-corrected chi connectivity index (χ0v) is 10.9. The van der Waals surface area contributed by atoms with Crippen LogP contribution in [0.2, 0.25) is 0 Å². The van der Waals surface area contributed by atoms with Crippen LogP contribution in [0.25, 0.3) is 0 Å². The predicted octanol–water partition coefficient (Wildman–Crippen LogP) is 2.63. The number of nitrogens with one attached hydrogen (secondary N) is 2. The normalized spacial score (nSPS) is 24.1. The van der Waals surface area contributed by atoms with Crippen molar-refractivity contribution in [1.29, 1.82) is 0 Å². The van der Waals surface area contributed by atoms with E-state index in [9.17, 15) is 4.79 Å². The van der Waals surface area contributed by atoms with Crippen LogP contribution in [0, 0.1) is 5.92 Å². The number of carbonyl (C=O) groups excluding carboxylic acids is 1. The smallest absolute Gasteiger partial charge is 0.316 e. The first-order valence-electron chi connectivity index (χ1n) is 6.47. The molecular formula is C14H21N3O. The van der Waals surface area contributed by atoms with Gasteiger partial charge in [-0.1, -0.05) is 19.1 Å². The Morgan fingerprint density at radius 1 is 1.33 bits per heavy atom. The third-order valence-electron chi connectivity index (χ3n) is 3.54. The molecule has 0 spiro atoms. The molecule has 0 aromatic heterocycles. The van der Waals surface area contributed by atoms with E-state index in [-0.39, 0.29) is 0 Å².